The zero-order chi connectivity index (χ0) is 16.1. The molecule has 2 aromatic carbocycles. The monoisotopic (exact) mass is 315 g/mol. The lowest BCUT2D eigenvalue weighted by Crippen LogP contribution is -1.97. The predicted molar refractivity (Wildman–Crippen MR) is 91.0 cm³/mol. The number of hydrogen-bond donors (Lipinski definition) is 1. The van der Waals surface area contributed by atoms with Crippen LogP contribution < -0.4 is 10.1 Å². The van der Waals surface area contributed by atoms with Crippen molar-refractivity contribution >= 4 is 23.1 Å². The molecule has 1 N–H and O–H groups in total. The minimum atomic E-state index is -0.0461. The molecule has 0 saturated heterocycles. The van der Waals surface area contributed by atoms with E-state index in [1.54, 1.807) is 25.4 Å². The van der Waals surface area contributed by atoms with Gasteiger partial charge in [0, 0.05) is 23.5 Å². The minimum absolute atomic E-state index is 0.0461. The van der Waals surface area contributed by atoms with Crippen molar-refractivity contribution in [3.05, 3.63) is 70.4 Å². The SMILES string of the molecule is COc1ccc(NC=CC(=O)c2ccc(C)c(C)c2)cc1Cl. The molecule has 0 saturated carbocycles. The number of ketones is 1. The second kappa shape index (κ2) is 7.14. The normalized spacial score (nSPS) is 10.7. The van der Waals surface area contributed by atoms with Gasteiger partial charge in [-0.2, -0.15) is 0 Å². The number of benzene rings is 2. The highest BCUT2D eigenvalue weighted by molar-refractivity contribution is 6.32. The minimum Gasteiger partial charge on any atom is -0.495 e. The van der Waals surface area contributed by atoms with E-state index in [9.17, 15) is 4.79 Å². The third-order valence-corrected chi connectivity index (χ3v) is 3.72. The van der Waals surface area contributed by atoms with E-state index in [1.165, 1.54) is 11.6 Å². The van der Waals surface area contributed by atoms with Gasteiger partial charge in [-0.05, 0) is 49.2 Å². The van der Waals surface area contributed by atoms with Crippen LogP contribution in [0.15, 0.2) is 48.7 Å². The molecule has 2 rings (SSSR count). The highest BCUT2D eigenvalue weighted by Crippen LogP contribution is 2.27. The summed E-state index contributed by atoms with van der Waals surface area (Å²) in [6, 6.07) is 11.0. The van der Waals surface area contributed by atoms with Gasteiger partial charge < -0.3 is 10.1 Å². The van der Waals surface area contributed by atoms with Gasteiger partial charge in [-0.3, -0.25) is 4.79 Å². The van der Waals surface area contributed by atoms with E-state index < -0.39 is 0 Å². The molecule has 0 aromatic heterocycles. The lowest BCUT2D eigenvalue weighted by atomic mass is 10.0. The van der Waals surface area contributed by atoms with Crippen LogP contribution in [0.3, 0.4) is 0 Å². The molecule has 0 heterocycles. The average Bonchev–Trinajstić information content (AvgIpc) is 2.50. The molecule has 0 aliphatic heterocycles. The average molecular weight is 316 g/mol. The molecule has 0 fully saturated rings. The molecule has 0 radical (unpaired) electrons. The molecule has 4 heteroatoms. The summed E-state index contributed by atoms with van der Waals surface area (Å²) in [4.78, 5) is 12.1. The fraction of sp³-hybridized carbons (Fsp3) is 0.167. The third kappa shape index (κ3) is 3.89. The van der Waals surface area contributed by atoms with E-state index in [0.717, 1.165) is 11.3 Å². The molecule has 114 valence electrons. The quantitative estimate of drug-likeness (QED) is 0.637. The number of carbonyl (C=O) groups excluding carboxylic acids is 1. The highest BCUT2D eigenvalue weighted by Gasteiger charge is 2.03. The molecule has 3 nitrogen and oxygen atoms in total. The summed E-state index contributed by atoms with van der Waals surface area (Å²) in [7, 11) is 1.57. The van der Waals surface area contributed by atoms with Gasteiger partial charge in [0.15, 0.2) is 5.78 Å². The van der Waals surface area contributed by atoms with Crippen LogP contribution >= 0.6 is 11.6 Å². The predicted octanol–water partition coefficient (Wildman–Crippen LogP) is 4.77. The molecule has 0 spiro atoms. The summed E-state index contributed by atoms with van der Waals surface area (Å²) in [5.74, 6) is 0.567. The van der Waals surface area contributed by atoms with Crippen molar-refractivity contribution < 1.29 is 9.53 Å². The number of aryl methyl sites for hydroxylation is 2. The smallest absolute Gasteiger partial charge is 0.187 e. The van der Waals surface area contributed by atoms with Gasteiger partial charge in [0.1, 0.15) is 5.75 Å². The number of halogens is 1. The third-order valence-electron chi connectivity index (χ3n) is 3.43. The molecule has 0 aliphatic rings. The van der Waals surface area contributed by atoms with Crippen molar-refractivity contribution in [2.75, 3.05) is 12.4 Å². The molecular formula is C18H18ClNO2. The Morgan fingerprint density at radius 1 is 1.14 bits per heavy atom. The Labute approximate surface area is 135 Å². The number of rotatable bonds is 5. The summed E-state index contributed by atoms with van der Waals surface area (Å²) < 4.78 is 5.09. The molecule has 0 atom stereocenters. The Morgan fingerprint density at radius 2 is 1.91 bits per heavy atom. The first kappa shape index (κ1) is 16.1. The number of hydrogen-bond acceptors (Lipinski definition) is 3. The van der Waals surface area contributed by atoms with Crippen molar-refractivity contribution in [2.24, 2.45) is 0 Å². The number of anilines is 1. The van der Waals surface area contributed by atoms with Gasteiger partial charge in [0.25, 0.3) is 0 Å². The number of carbonyl (C=O) groups is 1. The molecule has 0 bridgehead atoms. The van der Waals surface area contributed by atoms with Gasteiger partial charge >= 0.3 is 0 Å². The number of methoxy groups -OCH3 is 1. The van der Waals surface area contributed by atoms with Crippen LogP contribution in [0, 0.1) is 13.8 Å². The van der Waals surface area contributed by atoms with E-state index in [0.29, 0.717) is 16.3 Å². The van der Waals surface area contributed by atoms with E-state index in [1.807, 2.05) is 38.1 Å². The van der Waals surface area contributed by atoms with Gasteiger partial charge in [-0.15, -0.1) is 0 Å². The standard InChI is InChI=1S/C18H18ClNO2/c1-12-4-5-14(10-13(12)2)17(21)8-9-20-15-6-7-18(22-3)16(19)11-15/h4-11,20H,1-3H3. The van der Waals surface area contributed by atoms with Crippen LogP contribution in [0.4, 0.5) is 5.69 Å². The summed E-state index contributed by atoms with van der Waals surface area (Å²) in [6.07, 6.45) is 3.11. The van der Waals surface area contributed by atoms with Crippen molar-refractivity contribution in [2.45, 2.75) is 13.8 Å². The molecule has 22 heavy (non-hydrogen) atoms. The maximum absolute atomic E-state index is 12.1. The topological polar surface area (TPSA) is 38.3 Å². The number of nitrogens with one attached hydrogen (secondary N) is 1. The molecule has 0 unspecified atom stereocenters. The van der Waals surface area contributed by atoms with Gasteiger partial charge in [-0.1, -0.05) is 23.7 Å². The van der Waals surface area contributed by atoms with Crippen LogP contribution in [0.1, 0.15) is 21.5 Å². The fourth-order valence-corrected chi connectivity index (χ4v) is 2.22. The first-order valence-electron chi connectivity index (χ1n) is 6.89. The van der Waals surface area contributed by atoms with Gasteiger partial charge in [0.05, 0.1) is 12.1 Å². The lowest BCUT2D eigenvalue weighted by molar-refractivity contribution is 0.104. The first-order chi connectivity index (χ1) is 10.5. The van der Waals surface area contributed by atoms with Crippen molar-refractivity contribution in [1.82, 2.24) is 0 Å². The zero-order valence-corrected chi connectivity index (χ0v) is 13.6. The van der Waals surface area contributed by atoms with Crippen LogP contribution in [-0.2, 0) is 0 Å². The second-order valence-corrected chi connectivity index (χ2v) is 5.40. The number of ether oxygens (including phenoxy) is 1. The molecular weight excluding hydrogens is 298 g/mol. The molecule has 0 aliphatic carbocycles. The summed E-state index contributed by atoms with van der Waals surface area (Å²) in [5, 5.41) is 3.54. The van der Waals surface area contributed by atoms with Crippen molar-refractivity contribution in [3.8, 4) is 5.75 Å². The highest BCUT2D eigenvalue weighted by atomic mass is 35.5. The van der Waals surface area contributed by atoms with Crippen LogP contribution in [-0.4, -0.2) is 12.9 Å². The van der Waals surface area contributed by atoms with Crippen LogP contribution in [0.25, 0.3) is 0 Å². The molecule has 0 amide bonds. The maximum atomic E-state index is 12.1. The fourth-order valence-electron chi connectivity index (χ4n) is 1.96. The van der Waals surface area contributed by atoms with Crippen LogP contribution in [0.2, 0.25) is 5.02 Å². The summed E-state index contributed by atoms with van der Waals surface area (Å²) >= 11 is 6.04. The van der Waals surface area contributed by atoms with E-state index in [2.05, 4.69) is 5.32 Å². The van der Waals surface area contributed by atoms with Gasteiger partial charge in [0.2, 0.25) is 0 Å². The van der Waals surface area contributed by atoms with Crippen molar-refractivity contribution in [3.63, 3.8) is 0 Å². The number of allylic oxidation sites excluding steroid dienone is 1. The van der Waals surface area contributed by atoms with E-state index in [4.69, 9.17) is 16.3 Å². The zero-order valence-electron chi connectivity index (χ0n) is 12.8. The van der Waals surface area contributed by atoms with E-state index in [-0.39, 0.29) is 5.78 Å². The summed E-state index contributed by atoms with van der Waals surface area (Å²) in [6.45, 7) is 4.02. The van der Waals surface area contributed by atoms with Crippen molar-refractivity contribution in [1.29, 1.82) is 0 Å². The Hall–Kier alpha value is -2.26. The Kier molecular flexibility index (Phi) is 5.23. The molecule has 2 aromatic rings. The second-order valence-electron chi connectivity index (χ2n) is 4.99. The van der Waals surface area contributed by atoms with Crippen LogP contribution in [0.5, 0.6) is 5.75 Å². The Balaban J connectivity index is 2.04. The largest absolute Gasteiger partial charge is 0.495 e. The Morgan fingerprint density at radius 3 is 2.55 bits per heavy atom. The summed E-state index contributed by atoms with van der Waals surface area (Å²) in [5.41, 5.74) is 3.74. The maximum Gasteiger partial charge on any atom is 0.187 e. The Bertz CT molecular complexity index is 723. The lowest BCUT2D eigenvalue weighted by Gasteiger charge is -2.06. The van der Waals surface area contributed by atoms with E-state index >= 15 is 0 Å². The van der Waals surface area contributed by atoms with Gasteiger partial charge in [-0.25, -0.2) is 0 Å². The first-order valence-corrected chi connectivity index (χ1v) is 7.27.